The lowest BCUT2D eigenvalue weighted by Crippen LogP contribution is -2.47. The molecule has 160 valence electrons. The van der Waals surface area contributed by atoms with Crippen molar-refractivity contribution in [3.05, 3.63) is 42.1 Å². The number of aryl methyl sites for hydroxylation is 1. The topological polar surface area (TPSA) is 80.2 Å². The molecule has 0 bridgehead atoms. The van der Waals surface area contributed by atoms with Gasteiger partial charge in [-0.15, -0.1) is 0 Å². The Balaban J connectivity index is 1.49. The highest BCUT2D eigenvalue weighted by Gasteiger charge is 2.38. The van der Waals surface area contributed by atoms with Gasteiger partial charge in [-0.3, -0.25) is 4.79 Å². The van der Waals surface area contributed by atoms with Crippen molar-refractivity contribution in [2.75, 3.05) is 17.3 Å². The molecule has 2 aliphatic rings. The van der Waals surface area contributed by atoms with Crippen LogP contribution in [0.15, 0.2) is 41.6 Å². The Bertz CT molecular complexity index is 1010. The average Bonchev–Trinajstić information content (AvgIpc) is 3.37. The normalized spacial score (nSPS) is 21.0. The summed E-state index contributed by atoms with van der Waals surface area (Å²) in [5.41, 5.74) is 2.71. The molecule has 1 aliphatic carbocycles. The number of sulfone groups is 1. The zero-order chi connectivity index (χ0) is 21.1. The lowest BCUT2D eigenvalue weighted by atomic mass is 10.1. The summed E-state index contributed by atoms with van der Waals surface area (Å²) >= 11 is 1.33. The number of nitrogens with zero attached hydrogens (tertiary/aromatic N) is 3. The highest BCUT2D eigenvalue weighted by Crippen LogP contribution is 2.30. The number of benzene rings is 1. The van der Waals surface area contributed by atoms with E-state index in [0.29, 0.717) is 11.6 Å². The number of carbonyl (C=O) groups is 1. The number of rotatable bonds is 6. The van der Waals surface area contributed by atoms with Crippen molar-refractivity contribution in [2.24, 2.45) is 0 Å². The Hall–Kier alpha value is -1.93. The average molecular weight is 446 g/mol. The van der Waals surface area contributed by atoms with Gasteiger partial charge in [0.15, 0.2) is 15.0 Å². The van der Waals surface area contributed by atoms with Crippen molar-refractivity contribution < 1.29 is 13.2 Å². The van der Waals surface area contributed by atoms with Crippen LogP contribution in [0.3, 0.4) is 0 Å². The number of hydrogen-bond donors (Lipinski definition) is 0. The largest absolute Gasteiger partial charge is 0.335 e. The fourth-order valence-electron chi connectivity index (χ4n) is 4.45. The van der Waals surface area contributed by atoms with Crippen molar-refractivity contribution in [2.45, 2.75) is 56.3 Å². The minimum atomic E-state index is -3.04. The fourth-order valence-corrected chi connectivity index (χ4v) is 6.93. The highest BCUT2D eigenvalue weighted by atomic mass is 32.2. The maximum Gasteiger partial charge on any atom is 0.233 e. The molecule has 6 nitrogen and oxygen atoms in total. The summed E-state index contributed by atoms with van der Waals surface area (Å²) in [6.07, 6.45) is 4.68. The van der Waals surface area contributed by atoms with Gasteiger partial charge in [0.1, 0.15) is 0 Å². The van der Waals surface area contributed by atoms with Crippen LogP contribution in [0, 0.1) is 6.92 Å². The predicted octanol–water partition coefficient (Wildman–Crippen LogP) is 3.50. The molecule has 2 heterocycles. The monoisotopic (exact) mass is 445 g/mol. The van der Waals surface area contributed by atoms with E-state index in [4.69, 9.17) is 0 Å². The molecule has 4 rings (SSSR count). The van der Waals surface area contributed by atoms with E-state index in [1.165, 1.54) is 11.8 Å². The van der Waals surface area contributed by atoms with E-state index >= 15 is 0 Å². The van der Waals surface area contributed by atoms with Gasteiger partial charge < -0.3 is 4.90 Å². The molecule has 1 aliphatic heterocycles. The second-order valence-electron chi connectivity index (χ2n) is 8.13. The molecule has 30 heavy (non-hydrogen) atoms. The van der Waals surface area contributed by atoms with Crippen molar-refractivity contribution in [3.8, 4) is 11.3 Å². The Kier molecular flexibility index (Phi) is 6.43. The molecule has 8 heteroatoms. The standard InChI is InChI=1S/C22H27N3O3S2/c1-16-13-20(17-7-3-2-4-8-17)24-22(23-16)29-14-21(26)25(18-9-5-6-10-18)19-11-12-30(27,28)15-19/h2-4,7-8,13,18-19H,5-6,9-12,14-15H2,1H3/t19-/m1/s1. The number of aromatic nitrogens is 2. The lowest BCUT2D eigenvalue weighted by Gasteiger charge is -2.34. The Morgan fingerprint density at radius 3 is 2.50 bits per heavy atom. The first-order valence-corrected chi connectivity index (χ1v) is 13.3. The molecule has 0 unspecified atom stereocenters. The number of hydrogen-bond acceptors (Lipinski definition) is 6. The first kappa shape index (κ1) is 21.3. The third-order valence-electron chi connectivity index (χ3n) is 5.84. The smallest absolute Gasteiger partial charge is 0.233 e. The van der Waals surface area contributed by atoms with E-state index in [-0.39, 0.29) is 35.2 Å². The van der Waals surface area contributed by atoms with Gasteiger partial charge in [-0.05, 0) is 32.3 Å². The van der Waals surface area contributed by atoms with Crippen molar-refractivity contribution >= 4 is 27.5 Å². The van der Waals surface area contributed by atoms with E-state index in [2.05, 4.69) is 9.97 Å². The molecule has 1 aromatic heterocycles. The van der Waals surface area contributed by atoms with Crippen LogP contribution in [-0.2, 0) is 14.6 Å². The zero-order valence-electron chi connectivity index (χ0n) is 17.2. The van der Waals surface area contributed by atoms with Gasteiger partial charge in [0.05, 0.1) is 23.0 Å². The highest BCUT2D eigenvalue weighted by molar-refractivity contribution is 7.99. The molecule has 2 aromatic rings. The maximum absolute atomic E-state index is 13.2. The summed E-state index contributed by atoms with van der Waals surface area (Å²) in [5.74, 6) is 0.507. The minimum Gasteiger partial charge on any atom is -0.335 e. The van der Waals surface area contributed by atoms with Gasteiger partial charge in [0.2, 0.25) is 5.91 Å². The van der Waals surface area contributed by atoms with E-state index in [0.717, 1.165) is 42.6 Å². The van der Waals surface area contributed by atoms with Gasteiger partial charge in [-0.2, -0.15) is 0 Å². The molecule has 1 saturated carbocycles. The predicted molar refractivity (Wildman–Crippen MR) is 119 cm³/mol. The Labute approximate surface area is 182 Å². The van der Waals surface area contributed by atoms with Crippen LogP contribution in [0.1, 0.15) is 37.8 Å². The third-order valence-corrected chi connectivity index (χ3v) is 8.42. The zero-order valence-corrected chi connectivity index (χ0v) is 18.8. The fraction of sp³-hybridized carbons (Fsp3) is 0.500. The van der Waals surface area contributed by atoms with E-state index in [9.17, 15) is 13.2 Å². The van der Waals surface area contributed by atoms with E-state index < -0.39 is 9.84 Å². The first-order chi connectivity index (χ1) is 14.4. The number of amides is 1. The maximum atomic E-state index is 13.2. The van der Waals surface area contributed by atoms with E-state index in [1.807, 2.05) is 48.2 Å². The molecule has 0 radical (unpaired) electrons. The Morgan fingerprint density at radius 2 is 1.83 bits per heavy atom. The summed E-state index contributed by atoms with van der Waals surface area (Å²) in [6, 6.07) is 11.8. The molecule has 0 spiro atoms. The van der Waals surface area contributed by atoms with Gasteiger partial charge in [-0.1, -0.05) is 54.9 Å². The molecule has 2 fully saturated rings. The molecule has 1 atom stereocenters. The van der Waals surface area contributed by atoms with Gasteiger partial charge >= 0.3 is 0 Å². The van der Waals surface area contributed by atoms with Crippen LogP contribution in [0.25, 0.3) is 11.3 Å². The summed E-state index contributed by atoms with van der Waals surface area (Å²) in [5, 5.41) is 0.576. The van der Waals surface area contributed by atoms with Crippen LogP contribution in [0.2, 0.25) is 0 Å². The molecule has 1 saturated heterocycles. The second-order valence-corrected chi connectivity index (χ2v) is 11.3. The van der Waals surface area contributed by atoms with Crippen LogP contribution in [0.4, 0.5) is 0 Å². The third kappa shape index (κ3) is 5.03. The summed E-state index contributed by atoms with van der Waals surface area (Å²) in [6.45, 7) is 1.92. The van der Waals surface area contributed by atoms with Gasteiger partial charge in [-0.25, -0.2) is 18.4 Å². The number of carbonyl (C=O) groups excluding carboxylic acids is 1. The summed E-state index contributed by atoms with van der Waals surface area (Å²) < 4.78 is 24.0. The molecule has 1 amide bonds. The van der Waals surface area contributed by atoms with Gasteiger partial charge in [0.25, 0.3) is 0 Å². The molecular weight excluding hydrogens is 418 g/mol. The van der Waals surface area contributed by atoms with Crippen LogP contribution < -0.4 is 0 Å². The van der Waals surface area contributed by atoms with E-state index in [1.54, 1.807) is 0 Å². The first-order valence-electron chi connectivity index (χ1n) is 10.5. The van der Waals surface area contributed by atoms with Crippen molar-refractivity contribution in [1.82, 2.24) is 14.9 Å². The lowest BCUT2D eigenvalue weighted by molar-refractivity contribution is -0.132. The minimum absolute atomic E-state index is 0.000340. The SMILES string of the molecule is Cc1cc(-c2ccccc2)nc(SCC(=O)N(C2CCCC2)[C@@H]2CCS(=O)(=O)C2)n1. The molecule has 1 aromatic carbocycles. The van der Waals surface area contributed by atoms with Crippen molar-refractivity contribution in [3.63, 3.8) is 0 Å². The number of thioether (sulfide) groups is 1. The van der Waals surface area contributed by atoms with Crippen molar-refractivity contribution in [1.29, 1.82) is 0 Å². The van der Waals surface area contributed by atoms with Crippen LogP contribution >= 0.6 is 11.8 Å². The summed E-state index contributed by atoms with van der Waals surface area (Å²) in [4.78, 5) is 24.2. The molecule has 0 N–H and O–H groups in total. The quantitative estimate of drug-likeness (QED) is 0.500. The molecular formula is C22H27N3O3S2. The second kappa shape index (κ2) is 9.06. The van der Waals surface area contributed by atoms with Crippen LogP contribution in [-0.4, -0.2) is 58.5 Å². The Morgan fingerprint density at radius 1 is 1.10 bits per heavy atom. The summed E-state index contributed by atoms with van der Waals surface area (Å²) in [7, 11) is -3.04. The van der Waals surface area contributed by atoms with Gasteiger partial charge in [0, 0.05) is 23.3 Å². The van der Waals surface area contributed by atoms with Crippen LogP contribution in [0.5, 0.6) is 0 Å².